The largest absolute Gasteiger partial charge is 0.489 e. The lowest BCUT2D eigenvalue weighted by Gasteiger charge is -2.08. The lowest BCUT2D eigenvalue weighted by atomic mass is 10.2. The van der Waals surface area contributed by atoms with Crippen LogP contribution in [-0.4, -0.2) is 16.7 Å². The fourth-order valence-electron chi connectivity index (χ4n) is 4.14. The van der Waals surface area contributed by atoms with E-state index in [9.17, 15) is 4.79 Å². The molecule has 0 fully saturated rings. The van der Waals surface area contributed by atoms with E-state index in [0.29, 0.717) is 35.4 Å². The molecule has 0 aliphatic rings. The number of fused-ring (bicyclic) bond motifs is 3. The van der Waals surface area contributed by atoms with Crippen molar-refractivity contribution >= 4 is 57.1 Å². The fourth-order valence-corrected chi connectivity index (χ4v) is 4.61. The normalized spacial score (nSPS) is 11.4. The van der Waals surface area contributed by atoms with E-state index in [1.807, 2.05) is 54.6 Å². The molecule has 0 aliphatic carbocycles. The third-order valence-corrected chi connectivity index (χ3v) is 6.52. The highest BCUT2D eigenvalue weighted by molar-refractivity contribution is 6.35. The second-order valence-corrected chi connectivity index (χ2v) is 9.17. The third kappa shape index (κ3) is 5.38. The number of hydrogen-bond acceptors (Lipinski definition) is 3. The molecule has 0 bridgehead atoms. The Hall–Kier alpha value is -3.80. The molecule has 1 amide bonds. The number of amides is 1. The van der Waals surface area contributed by atoms with E-state index >= 15 is 0 Å². The number of carbonyl (C=O) groups excluding carboxylic acids is 1. The number of aromatic nitrogens is 1. The number of carbonyl (C=O) groups is 1. The lowest BCUT2D eigenvalue weighted by molar-refractivity contribution is -0.121. The van der Waals surface area contributed by atoms with Gasteiger partial charge in [-0.3, -0.25) is 4.79 Å². The number of nitrogens with zero attached hydrogens (tertiary/aromatic N) is 2. The summed E-state index contributed by atoms with van der Waals surface area (Å²) >= 11 is 12.1. The van der Waals surface area contributed by atoms with Gasteiger partial charge >= 0.3 is 0 Å². The first-order chi connectivity index (χ1) is 17.6. The molecule has 1 aromatic heterocycles. The second kappa shape index (κ2) is 10.9. The third-order valence-electron chi connectivity index (χ3n) is 5.93. The van der Waals surface area contributed by atoms with E-state index in [1.54, 1.807) is 18.3 Å². The maximum absolute atomic E-state index is 12.4. The van der Waals surface area contributed by atoms with Gasteiger partial charge in [0.25, 0.3) is 0 Å². The molecule has 0 saturated heterocycles. The molecule has 0 aliphatic heterocycles. The summed E-state index contributed by atoms with van der Waals surface area (Å²) in [5, 5.41) is 7.64. The summed E-state index contributed by atoms with van der Waals surface area (Å²) in [6.45, 7) is 0.907. The second-order valence-electron chi connectivity index (χ2n) is 8.32. The predicted molar refractivity (Wildman–Crippen MR) is 147 cm³/mol. The van der Waals surface area contributed by atoms with Crippen LogP contribution in [0.4, 0.5) is 0 Å². The number of nitrogens with one attached hydrogen (secondary N) is 1. The van der Waals surface area contributed by atoms with E-state index in [1.165, 1.54) is 10.8 Å². The van der Waals surface area contributed by atoms with Crippen molar-refractivity contribution in [2.75, 3.05) is 0 Å². The Bertz CT molecular complexity index is 1510. The van der Waals surface area contributed by atoms with Crippen LogP contribution in [0.2, 0.25) is 10.0 Å². The molecule has 7 heteroatoms. The molecular formula is C29H23Cl2N3O2. The molecule has 0 atom stereocenters. The van der Waals surface area contributed by atoms with Crippen LogP contribution in [0.25, 0.3) is 21.8 Å². The van der Waals surface area contributed by atoms with Gasteiger partial charge < -0.3 is 9.30 Å². The summed E-state index contributed by atoms with van der Waals surface area (Å²) in [7, 11) is 0. The van der Waals surface area contributed by atoms with Gasteiger partial charge in [-0.25, -0.2) is 5.43 Å². The molecule has 36 heavy (non-hydrogen) atoms. The molecule has 1 N–H and O–H groups in total. The monoisotopic (exact) mass is 515 g/mol. The highest BCUT2D eigenvalue weighted by Gasteiger charge is 2.10. The zero-order chi connectivity index (χ0) is 24.9. The van der Waals surface area contributed by atoms with Crippen LogP contribution in [-0.2, 0) is 17.9 Å². The first-order valence-corrected chi connectivity index (χ1v) is 12.3. The van der Waals surface area contributed by atoms with Crippen LogP contribution < -0.4 is 10.2 Å². The Labute approximate surface area is 218 Å². The van der Waals surface area contributed by atoms with Gasteiger partial charge in [-0.2, -0.15) is 5.10 Å². The van der Waals surface area contributed by atoms with Crippen LogP contribution >= 0.6 is 23.2 Å². The molecule has 5 aromatic rings. The predicted octanol–water partition coefficient (Wildman–Crippen LogP) is 7.22. The van der Waals surface area contributed by atoms with Crippen LogP contribution in [0.15, 0.2) is 96.1 Å². The van der Waals surface area contributed by atoms with Crippen LogP contribution in [0.3, 0.4) is 0 Å². The van der Waals surface area contributed by atoms with E-state index < -0.39 is 0 Å². The first-order valence-electron chi connectivity index (χ1n) is 11.5. The van der Waals surface area contributed by atoms with Gasteiger partial charge in [0.15, 0.2) is 0 Å². The Balaban J connectivity index is 1.15. The van der Waals surface area contributed by atoms with Crippen LogP contribution in [0, 0.1) is 0 Å². The highest BCUT2D eigenvalue weighted by Crippen LogP contribution is 2.29. The topological polar surface area (TPSA) is 55.6 Å². The molecule has 1 heterocycles. The summed E-state index contributed by atoms with van der Waals surface area (Å²) in [6.07, 6.45) is 1.93. The van der Waals surface area contributed by atoms with Gasteiger partial charge in [0, 0.05) is 50.4 Å². The summed E-state index contributed by atoms with van der Waals surface area (Å²) < 4.78 is 7.98. The van der Waals surface area contributed by atoms with E-state index in [2.05, 4.69) is 39.4 Å². The van der Waals surface area contributed by atoms with Gasteiger partial charge in [0.2, 0.25) is 5.91 Å². The minimum absolute atomic E-state index is 0.145. The van der Waals surface area contributed by atoms with Crippen molar-refractivity contribution in [3.8, 4) is 5.75 Å². The zero-order valence-corrected chi connectivity index (χ0v) is 20.8. The minimum Gasteiger partial charge on any atom is -0.489 e. The number of aryl methyl sites for hydroxylation is 1. The molecule has 0 unspecified atom stereocenters. The van der Waals surface area contributed by atoms with Crippen molar-refractivity contribution in [1.29, 1.82) is 0 Å². The molecular weight excluding hydrogens is 493 g/mol. The van der Waals surface area contributed by atoms with E-state index in [0.717, 1.165) is 22.2 Å². The number of hydrogen-bond donors (Lipinski definition) is 1. The number of ether oxygens (including phenoxy) is 1. The van der Waals surface area contributed by atoms with Gasteiger partial charge in [-0.05, 0) is 54.1 Å². The number of benzene rings is 4. The smallest absolute Gasteiger partial charge is 0.241 e. The molecule has 0 saturated carbocycles. The summed E-state index contributed by atoms with van der Waals surface area (Å²) in [5.74, 6) is 0.557. The SMILES string of the molecule is O=C(CCn1c2ccccc2c2ccccc21)N/N=C/c1ccc(OCc2ccc(Cl)cc2Cl)cc1. The van der Waals surface area contributed by atoms with Crippen molar-refractivity contribution in [3.05, 3.63) is 112 Å². The number of para-hydroxylation sites is 2. The average Bonchev–Trinajstić information content (AvgIpc) is 3.21. The summed E-state index contributed by atoms with van der Waals surface area (Å²) in [5.41, 5.74) is 6.56. The Morgan fingerprint density at radius 2 is 1.56 bits per heavy atom. The van der Waals surface area contributed by atoms with Crippen LogP contribution in [0.1, 0.15) is 17.5 Å². The molecule has 0 spiro atoms. The first kappa shape index (κ1) is 23.9. The fraction of sp³-hybridized carbons (Fsp3) is 0.103. The van der Waals surface area contributed by atoms with Crippen molar-refractivity contribution in [2.45, 2.75) is 19.6 Å². The molecule has 5 rings (SSSR count). The number of hydrazone groups is 1. The van der Waals surface area contributed by atoms with Gasteiger partial charge in [0.1, 0.15) is 12.4 Å². The average molecular weight is 516 g/mol. The number of halogens is 2. The zero-order valence-electron chi connectivity index (χ0n) is 19.3. The van der Waals surface area contributed by atoms with Crippen LogP contribution in [0.5, 0.6) is 5.75 Å². The van der Waals surface area contributed by atoms with Gasteiger partial charge in [-0.15, -0.1) is 0 Å². The number of rotatable bonds is 8. The van der Waals surface area contributed by atoms with Crippen molar-refractivity contribution < 1.29 is 9.53 Å². The molecule has 4 aromatic carbocycles. The summed E-state index contributed by atoms with van der Waals surface area (Å²) in [6, 6.07) is 29.2. The highest BCUT2D eigenvalue weighted by atomic mass is 35.5. The maximum atomic E-state index is 12.4. The molecule has 180 valence electrons. The molecule has 5 nitrogen and oxygen atoms in total. The lowest BCUT2D eigenvalue weighted by Crippen LogP contribution is -2.19. The Morgan fingerprint density at radius 3 is 2.22 bits per heavy atom. The standard InChI is InChI=1S/C29H23Cl2N3O2/c30-22-12-11-21(26(31)17-22)19-36-23-13-9-20(10-14-23)18-32-33-29(35)15-16-34-27-7-3-1-5-24(27)25-6-2-4-8-28(25)34/h1-14,17-18H,15-16,19H2,(H,33,35)/b32-18+. The van der Waals surface area contributed by atoms with Crippen molar-refractivity contribution in [2.24, 2.45) is 5.10 Å². The van der Waals surface area contributed by atoms with Crippen molar-refractivity contribution in [1.82, 2.24) is 9.99 Å². The quantitative estimate of drug-likeness (QED) is 0.175. The minimum atomic E-state index is -0.145. The van der Waals surface area contributed by atoms with Gasteiger partial charge in [0.05, 0.1) is 6.21 Å². The summed E-state index contributed by atoms with van der Waals surface area (Å²) in [4.78, 5) is 12.4. The Morgan fingerprint density at radius 1 is 0.889 bits per heavy atom. The van der Waals surface area contributed by atoms with E-state index in [-0.39, 0.29) is 5.91 Å². The van der Waals surface area contributed by atoms with Crippen molar-refractivity contribution in [3.63, 3.8) is 0 Å². The Kier molecular flexibility index (Phi) is 7.21. The maximum Gasteiger partial charge on any atom is 0.241 e. The van der Waals surface area contributed by atoms with Gasteiger partial charge in [-0.1, -0.05) is 65.7 Å². The van der Waals surface area contributed by atoms with E-state index in [4.69, 9.17) is 27.9 Å². The molecule has 0 radical (unpaired) electrons.